The van der Waals surface area contributed by atoms with Crippen molar-refractivity contribution in [3.63, 3.8) is 0 Å². The summed E-state index contributed by atoms with van der Waals surface area (Å²) in [4.78, 5) is 15.7. The summed E-state index contributed by atoms with van der Waals surface area (Å²) < 4.78 is 0. The Bertz CT molecular complexity index is 582. The van der Waals surface area contributed by atoms with E-state index in [4.69, 9.17) is 0 Å². The molecule has 98 valence electrons. The second-order valence-electron chi connectivity index (χ2n) is 4.41. The van der Waals surface area contributed by atoms with E-state index < -0.39 is 0 Å². The average Bonchev–Trinajstić information content (AvgIpc) is 2.39. The van der Waals surface area contributed by atoms with E-state index in [1.807, 2.05) is 25.1 Å². The third-order valence-electron chi connectivity index (χ3n) is 2.77. The van der Waals surface area contributed by atoms with Crippen LogP contribution in [0.3, 0.4) is 0 Å². The molecular formula is C15H16N2O2. The van der Waals surface area contributed by atoms with E-state index in [0.29, 0.717) is 12.8 Å². The van der Waals surface area contributed by atoms with Gasteiger partial charge in [0, 0.05) is 12.6 Å². The lowest BCUT2D eigenvalue weighted by atomic mass is 10.1. The van der Waals surface area contributed by atoms with E-state index in [9.17, 15) is 9.90 Å². The van der Waals surface area contributed by atoms with Crippen molar-refractivity contribution in [2.45, 2.75) is 19.8 Å². The normalized spacial score (nSPS) is 10.2. The summed E-state index contributed by atoms with van der Waals surface area (Å²) in [5.41, 5.74) is 2.31. The summed E-state index contributed by atoms with van der Waals surface area (Å²) in [6, 6.07) is 11.2. The molecular weight excluding hydrogens is 240 g/mol. The largest absolute Gasteiger partial charge is 0.504 e. The molecule has 19 heavy (non-hydrogen) atoms. The zero-order valence-corrected chi connectivity index (χ0v) is 10.8. The number of aromatic nitrogens is 1. The number of carbonyl (C=O) groups is 1. The monoisotopic (exact) mass is 256 g/mol. The number of nitrogens with zero attached hydrogens (tertiary/aromatic N) is 1. The van der Waals surface area contributed by atoms with Crippen LogP contribution in [-0.2, 0) is 11.2 Å². The third-order valence-corrected chi connectivity index (χ3v) is 2.77. The van der Waals surface area contributed by atoms with Crippen LogP contribution in [-0.4, -0.2) is 16.0 Å². The van der Waals surface area contributed by atoms with Gasteiger partial charge >= 0.3 is 0 Å². The highest BCUT2D eigenvalue weighted by molar-refractivity contribution is 5.91. The molecule has 2 rings (SSSR count). The number of hydrogen-bond acceptors (Lipinski definition) is 3. The number of hydrogen-bond donors (Lipinski definition) is 2. The van der Waals surface area contributed by atoms with Gasteiger partial charge in [-0.1, -0.05) is 29.8 Å². The smallest absolute Gasteiger partial charge is 0.225 e. The predicted molar refractivity (Wildman–Crippen MR) is 74.0 cm³/mol. The molecule has 0 bridgehead atoms. The maximum absolute atomic E-state index is 11.8. The lowest BCUT2D eigenvalue weighted by Crippen LogP contribution is -2.13. The van der Waals surface area contributed by atoms with Crippen molar-refractivity contribution in [2.75, 3.05) is 5.32 Å². The molecule has 0 saturated carbocycles. The van der Waals surface area contributed by atoms with E-state index in [2.05, 4.69) is 16.4 Å². The molecule has 0 aliphatic carbocycles. The number of aryl methyl sites for hydroxylation is 2. The van der Waals surface area contributed by atoms with Gasteiger partial charge in [-0.05, 0) is 31.0 Å². The van der Waals surface area contributed by atoms with Crippen molar-refractivity contribution < 1.29 is 9.90 Å². The summed E-state index contributed by atoms with van der Waals surface area (Å²) in [5, 5.41) is 12.1. The second-order valence-corrected chi connectivity index (χ2v) is 4.41. The van der Waals surface area contributed by atoms with Gasteiger partial charge in [0.2, 0.25) is 5.91 Å². The van der Waals surface area contributed by atoms with Crippen LogP contribution in [0.5, 0.6) is 5.75 Å². The van der Waals surface area contributed by atoms with Crippen molar-refractivity contribution in [2.24, 2.45) is 0 Å². The third kappa shape index (κ3) is 3.81. The second kappa shape index (κ2) is 6.00. The van der Waals surface area contributed by atoms with Crippen LogP contribution >= 0.6 is 0 Å². The van der Waals surface area contributed by atoms with Crippen molar-refractivity contribution in [1.82, 2.24) is 4.98 Å². The minimum absolute atomic E-state index is 0.0218. The molecule has 0 unspecified atom stereocenters. The zero-order chi connectivity index (χ0) is 13.7. The van der Waals surface area contributed by atoms with Crippen LogP contribution in [0.2, 0.25) is 0 Å². The molecule has 0 aliphatic rings. The molecule has 1 amide bonds. The van der Waals surface area contributed by atoms with E-state index in [-0.39, 0.29) is 17.5 Å². The number of anilines is 1. The molecule has 2 N–H and O–H groups in total. The Labute approximate surface area is 112 Å². The predicted octanol–water partition coefficient (Wildman–Crippen LogP) is 2.67. The first-order chi connectivity index (χ1) is 9.15. The molecule has 1 aromatic carbocycles. The number of aromatic hydroxyl groups is 1. The molecule has 4 heteroatoms. The minimum atomic E-state index is -0.157. The highest BCUT2D eigenvalue weighted by Crippen LogP contribution is 2.18. The maximum Gasteiger partial charge on any atom is 0.225 e. The van der Waals surface area contributed by atoms with Crippen molar-refractivity contribution in [3.05, 3.63) is 53.7 Å². The Morgan fingerprint density at radius 3 is 2.89 bits per heavy atom. The van der Waals surface area contributed by atoms with Crippen LogP contribution < -0.4 is 5.32 Å². The summed E-state index contributed by atoms with van der Waals surface area (Å²) in [7, 11) is 0. The fourth-order valence-electron chi connectivity index (χ4n) is 1.81. The molecule has 0 fully saturated rings. The van der Waals surface area contributed by atoms with E-state index in [1.54, 1.807) is 6.07 Å². The molecule has 0 saturated heterocycles. The number of amides is 1. The molecule has 0 atom stereocenters. The van der Waals surface area contributed by atoms with Gasteiger partial charge in [0.05, 0.1) is 0 Å². The first kappa shape index (κ1) is 13.1. The van der Waals surface area contributed by atoms with E-state index in [1.165, 1.54) is 17.8 Å². The van der Waals surface area contributed by atoms with Crippen LogP contribution in [0, 0.1) is 6.92 Å². The quantitative estimate of drug-likeness (QED) is 0.884. The number of nitrogens with one attached hydrogen (secondary N) is 1. The summed E-state index contributed by atoms with van der Waals surface area (Å²) in [5.74, 6) is 0.0265. The van der Waals surface area contributed by atoms with Gasteiger partial charge in [-0.25, -0.2) is 4.98 Å². The molecule has 0 radical (unpaired) electrons. The SMILES string of the molecule is Cc1cccc(CCC(=O)Nc2ncccc2O)c1. The van der Waals surface area contributed by atoms with Crippen LogP contribution in [0.4, 0.5) is 5.82 Å². The van der Waals surface area contributed by atoms with Gasteiger partial charge in [-0.3, -0.25) is 4.79 Å². The summed E-state index contributed by atoms with van der Waals surface area (Å²) in [6.07, 6.45) is 2.55. The standard InChI is InChI=1S/C15H16N2O2/c1-11-4-2-5-12(10-11)7-8-14(19)17-15-13(18)6-3-9-16-15/h2-6,9-10,18H,7-8H2,1H3,(H,16,17,19). The first-order valence-electron chi connectivity index (χ1n) is 6.14. The van der Waals surface area contributed by atoms with Gasteiger partial charge in [0.15, 0.2) is 11.6 Å². The Balaban J connectivity index is 1.90. The van der Waals surface area contributed by atoms with Crippen LogP contribution in [0.25, 0.3) is 0 Å². The summed E-state index contributed by atoms with van der Waals surface area (Å²) >= 11 is 0. The van der Waals surface area contributed by atoms with Gasteiger partial charge in [-0.2, -0.15) is 0 Å². The highest BCUT2D eigenvalue weighted by Gasteiger charge is 2.07. The topological polar surface area (TPSA) is 62.2 Å². The molecule has 4 nitrogen and oxygen atoms in total. The van der Waals surface area contributed by atoms with Gasteiger partial charge in [-0.15, -0.1) is 0 Å². The fraction of sp³-hybridized carbons (Fsp3) is 0.200. The number of benzene rings is 1. The van der Waals surface area contributed by atoms with Crippen molar-refractivity contribution >= 4 is 11.7 Å². The van der Waals surface area contributed by atoms with Gasteiger partial charge < -0.3 is 10.4 Å². The van der Waals surface area contributed by atoms with Crippen LogP contribution in [0.1, 0.15) is 17.5 Å². The highest BCUT2D eigenvalue weighted by atomic mass is 16.3. The number of pyridine rings is 1. The maximum atomic E-state index is 11.8. The lowest BCUT2D eigenvalue weighted by Gasteiger charge is -2.06. The molecule has 2 aromatic rings. The Morgan fingerprint density at radius 2 is 2.16 bits per heavy atom. The molecule has 0 spiro atoms. The molecule has 0 aliphatic heterocycles. The Kier molecular flexibility index (Phi) is 4.13. The van der Waals surface area contributed by atoms with Gasteiger partial charge in [0.25, 0.3) is 0 Å². The van der Waals surface area contributed by atoms with Crippen LogP contribution in [0.15, 0.2) is 42.6 Å². The minimum Gasteiger partial charge on any atom is -0.504 e. The Hall–Kier alpha value is -2.36. The van der Waals surface area contributed by atoms with Crippen molar-refractivity contribution in [1.29, 1.82) is 0 Å². The molecule has 1 heterocycles. The first-order valence-corrected chi connectivity index (χ1v) is 6.14. The lowest BCUT2D eigenvalue weighted by molar-refractivity contribution is -0.116. The molecule has 1 aromatic heterocycles. The number of carbonyl (C=O) groups excluding carboxylic acids is 1. The van der Waals surface area contributed by atoms with Crippen molar-refractivity contribution in [3.8, 4) is 5.75 Å². The Morgan fingerprint density at radius 1 is 1.32 bits per heavy atom. The number of rotatable bonds is 4. The average molecular weight is 256 g/mol. The van der Waals surface area contributed by atoms with E-state index in [0.717, 1.165) is 5.56 Å². The van der Waals surface area contributed by atoms with E-state index >= 15 is 0 Å². The van der Waals surface area contributed by atoms with Gasteiger partial charge in [0.1, 0.15) is 0 Å². The zero-order valence-electron chi connectivity index (χ0n) is 10.8. The summed E-state index contributed by atoms with van der Waals surface area (Å²) in [6.45, 7) is 2.02. The fourth-order valence-corrected chi connectivity index (χ4v) is 1.81.